The molecule has 0 radical (unpaired) electrons. The van der Waals surface area contributed by atoms with Gasteiger partial charge in [-0.3, -0.25) is 14.3 Å². The highest BCUT2D eigenvalue weighted by atomic mass is 32.2. The van der Waals surface area contributed by atoms with Gasteiger partial charge in [-0.25, -0.2) is 13.5 Å². The Morgan fingerprint density at radius 3 is 2.56 bits per heavy atom. The van der Waals surface area contributed by atoms with Crippen molar-refractivity contribution in [2.45, 2.75) is 11.8 Å². The minimum atomic E-state index is -0.600. The van der Waals surface area contributed by atoms with E-state index in [0.717, 1.165) is 30.0 Å². The molecule has 140 valence electrons. The summed E-state index contributed by atoms with van der Waals surface area (Å²) in [5.41, 5.74) is 1.05. The number of benzene rings is 2. The summed E-state index contributed by atoms with van der Waals surface area (Å²) < 4.78 is 29.9. The molecule has 0 spiro atoms. The molecule has 5 nitrogen and oxygen atoms in total. The molecule has 1 heterocycles. The quantitative estimate of drug-likeness (QED) is 0.680. The fourth-order valence-electron chi connectivity index (χ4n) is 2.62. The normalized spacial score (nSPS) is 10.8. The number of anilines is 1. The number of rotatable bonds is 5. The highest BCUT2D eigenvalue weighted by Gasteiger charge is 2.18. The summed E-state index contributed by atoms with van der Waals surface area (Å²) in [6, 6.07) is 12.1. The Balaban J connectivity index is 1.79. The van der Waals surface area contributed by atoms with Crippen molar-refractivity contribution in [2.75, 3.05) is 11.1 Å². The number of amides is 1. The molecule has 8 heteroatoms. The predicted octanol–water partition coefficient (Wildman–Crippen LogP) is 3.49. The van der Waals surface area contributed by atoms with Crippen molar-refractivity contribution < 1.29 is 13.6 Å². The van der Waals surface area contributed by atoms with Gasteiger partial charge in [0.1, 0.15) is 17.3 Å². The number of aromatic nitrogens is 2. The fraction of sp³-hybridized carbons (Fsp3) is 0.158. The second-order valence-electron chi connectivity index (χ2n) is 5.85. The maximum Gasteiger partial charge on any atom is 0.295 e. The van der Waals surface area contributed by atoms with Crippen LogP contribution in [0.1, 0.15) is 5.69 Å². The number of hydrogen-bond acceptors (Lipinski definition) is 3. The van der Waals surface area contributed by atoms with Crippen LogP contribution in [0.3, 0.4) is 0 Å². The summed E-state index contributed by atoms with van der Waals surface area (Å²) in [5, 5.41) is 2.58. The molecule has 0 aliphatic heterocycles. The molecule has 3 aromatic rings. The zero-order valence-electron chi connectivity index (χ0n) is 14.7. The van der Waals surface area contributed by atoms with Crippen LogP contribution in [0.4, 0.5) is 14.5 Å². The minimum absolute atomic E-state index is 0.0385. The van der Waals surface area contributed by atoms with E-state index < -0.39 is 17.5 Å². The number of thioether (sulfide) groups is 1. The number of hydrogen-bond donors (Lipinski definition) is 1. The lowest BCUT2D eigenvalue weighted by molar-refractivity contribution is -0.113. The van der Waals surface area contributed by atoms with Crippen molar-refractivity contribution in [3.8, 4) is 5.69 Å². The largest absolute Gasteiger partial charge is 0.319 e. The lowest BCUT2D eigenvalue weighted by Gasteiger charge is -2.07. The molecule has 0 fully saturated rings. The van der Waals surface area contributed by atoms with Gasteiger partial charge in [-0.1, -0.05) is 18.2 Å². The Morgan fingerprint density at radius 1 is 1.15 bits per heavy atom. The molecule has 0 bridgehead atoms. The van der Waals surface area contributed by atoms with Crippen LogP contribution in [0, 0.1) is 18.6 Å². The first-order valence-electron chi connectivity index (χ1n) is 8.10. The standard InChI is InChI=1S/C19H17F2N3O2S/c1-12-18(19(26)24(23(12)2)14-6-4-3-5-7-14)22-17(25)11-27-16-10-13(20)8-9-15(16)21/h3-10H,11H2,1-2H3,(H,22,25). The Morgan fingerprint density at radius 2 is 1.85 bits per heavy atom. The van der Waals surface area contributed by atoms with E-state index in [9.17, 15) is 18.4 Å². The van der Waals surface area contributed by atoms with Gasteiger partial charge in [-0.15, -0.1) is 11.8 Å². The third-order valence-electron chi connectivity index (χ3n) is 4.07. The fourth-order valence-corrected chi connectivity index (χ4v) is 3.38. The molecular formula is C19H17F2N3O2S. The summed E-state index contributed by atoms with van der Waals surface area (Å²) in [7, 11) is 1.72. The zero-order valence-corrected chi connectivity index (χ0v) is 15.5. The van der Waals surface area contributed by atoms with Crippen LogP contribution in [0.25, 0.3) is 5.69 Å². The van der Waals surface area contributed by atoms with Crippen LogP contribution in [0.15, 0.2) is 58.2 Å². The molecule has 1 amide bonds. The molecule has 0 atom stereocenters. The van der Waals surface area contributed by atoms with Crippen molar-refractivity contribution in [2.24, 2.45) is 7.05 Å². The van der Waals surface area contributed by atoms with Gasteiger partial charge in [0.05, 0.1) is 17.1 Å². The van der Waals surface area contributed by atoms with E-state index in [1.54, 1.807) is 30.8 Å². The van der Waals surface area contributed by atoms with Gasteiger partial charge in [0.2, 0.25) is 5.91 Å². The summed E-state index contributed by atoms with van der Waals surface area (Å²) in [6.45, 7) is 1.72. The predicted molar refractivity (Wildman–Crippen MR) is 101 cm³/mol. The topological polar surface area (TPSA) is 56.0 Å². The SMILES string of the molecule is Cc1c(NC(=O)CSc2cc(F)ccc2F)c(=O)n(-c2ccccc2)n1C. The third-order valence-corrected chi connectivity index (χ3v) is 5.10. The number of halogens is 2. The van der Waals surface area contributed by atoms with Crippen LogP contribution < -0.4 is 10.9 Å². The smallest absolute Gasteiger partial charge is 0.295 e. The second-order valence-corrected chi connectivity index (χ2v) is 6.87. The summed E-state index contributed by atoms with van der Waals surface area (Å²) in [6.07, 6.45) is 0. The van der Waals surface area contributed by atoms with Gasteiger partial charge in [-0.2, -0.15) is 0 Å². The second kappa shape index (κ2) is 7.79. The van der Waals surface area contributed by atoms with E-state index >= 15 is 0 Å². The highest BCUT2D eigenvalue weighted by Crippen LogP contribution is 2.23. The van der Waals surface area contributed by atoms with Crippen molar-refractivity contribution in [1.29, 1.82) is 0 Å². The Labute approximate surface area is 158 Å². The molecule has 0 aliphatic rings. The molecule has 2 aromatic carbocycles. The molecule has 0 saturated carbocycles. The van der Waals surface area contributed by atoms with E-state index in [4.69, 9.17) is 0 Å². The van der Waals surface area contributed by atoms with E-state index in [0.29, 0.717) is 11.4 Å². The van der Waals surface area contributed by atoms with Crippen LogP contribution in [0.2, 0.25) is 0 Å². The maximum atomic E-state index is 13.6. The van der Waals surface area contributed by atoms with Gasteiger partial charge in [-0.05, 0) is 37.3 Å². The number of carbonyl (C=O) groups excluding carboxylic acids is 1. The van der Waals surface area contributed by atoms with E-state index in [2.05, 4.69) is 5.32 Å². The van der Waals surface area contributed by atoms with Gasteiger partial charge in [0, 0.05) is 11.9 Å². The Bertz CT molecular complexity index is 1050. The first-order valence-corrected chi connectivity index (χ1v) is 9.08. The maximum absolute atomic E-state index is 13.6. The number of nitrogens with zero attached hydrogens (tertiary/aromatic N) is 2. The Kier molecular flexibility index (Phi) is 5.46. The number of carbonyl (C=O) groups is 1. The van der Waals surface area contributed by atoms with Crippen LogP contribution in [-0.2, 0) is 11.8 Å². The zero-order chi connectivity index (χ0) is 19.6. The molecule has 3 rings (SSSR count). The minimum Gasteiger partial charge on any atom is -0.319 e. The molecule has 0 unspecified atom stereocenters. The molecular weight excluding hydrogens is 372 g/mol. The molecule has 1 aromatic heterocycles. The third kappa shape index (κ3) is 3.95. The number of nitrogens with one attached hydrogen (secondary N) is 1. The first kappa shape index (κ1) is 18.9. The highest BCUT2D eigenvalue weighted by molar-refractivity contribution is 8.00. The van der Waals surface area contributed by atoms with Crippen molar-refractivity contribution in [1.82, 2.24) is 9.36 Å². The van der Waals surface area contributed by atoms with Crippen molar-refractivity contribution >= 4 is 23.4 Å². The van der Waals surface area contributed by atoms with Gasteiger partial charge < -0.3 is 5.32 Å². The van der Waals surface area contributed by atoms with Gasteiger partial charge >= 0.3 is 0 Å². The van der Waals surface area contributed by atoms with Crippen LogP contribution in [0.5, 0.6) is 0 Å². The van der Waals surface area contributed by atoms with Gasteiger partial charge in [0.25, 0.3) is 5.56 Å². The van der Waals surface area contributed by atoms with E-state index in [-0.39, 0.29) is 21.9 Å². The average molecular weight is 389 g/mol. The average Bonchev–Trinajstić information content (AvgIpc) is 2.86. The lowest BCUT2D eigenvalue weighted by atomic mass is 10.3. The molecule has 1 N–H and O–H groups in total. The first-order chi connectivity index (χ1) is 12.9. The monoisotopic (exact) mass is 389 g/mol. The van der Waals surface area contributed by atoms with Gasteiger partial charge in [0.15, 0.2) is 0 Å². The van der Waals surface area contributed by atoms with E-state index in [1.165, 1.54) is 4.68 Å². The summed E-state index contributed by atoms with van der Waals surface area (Å²) in [4.78, 5) is 25.0. The van der Waals surface area contributed by atoms with Crippen molar-refractivity contribution in [3.63, 3.8) is 0 Å². The summed E-state index contributed by atoms with van der Waals surface area (Å²) in [5.74, 6) is -1.81. The van der Waals surface area contributed by atoms with Crippen LogP contribution >= 0.6 is 11.8 Å². The van der Waals surface area contributed by atoms with Crippen LogP contribution in [-0.4, -0.2) is 21.0 Å². The number of para-hydroxylation sites is 1. The Hall–Kier alpha value is -2.87. The molecule has 27 heavy (non-hydrogen) atoms. The lowest BCUT2D eigenvalue weighted by Crippen LogP contribution is -2.23. The molecule has 0 saturated heterocycles. The molecule has 0 aliphatic carbocycles. The summed E-state index contributed by atoms with van der Waals surface area (Å²) >= 11 is 0.865. The van der Waals surface area contributed by atoms with E-state index in [1.807, 2.05) is 18.2 Å². The van der Waals surface area contributed by atoms with Crippen molar-refractivity contribution in [3.05, 3.63) is 76.2 Å².